The van der Waals surface area contributed by atoms with Crippen LogP contribution >= 0.6 is 39.3 Å². The number of hydrogen-bond donors (Lipinski definition) is 1. The molecule has 0 aliphatic heterocycles. The summed E-state index contributed by atoms with van der Waals surface area (Å²) in [7, 11) is 0. The number of carboxylic acid groups (broad SMARTS) is 1. The fourth-order valence-electron chi connectivity index (χ4n) is 1.83. The average molecular weight is 405 g/mol. The van der Waals surface area contributed by atoms with E-state index in [1.54, 1.807) is 4.57 Å². The second-order valence-electron chi connectivity index (χ2n) is 5.69. The van der Waals surface area contributed by atoms with Crippen LogP contribution in [-0.4, -0.2) is 31.6 Å². The highest BCUT2D eigenvalue weighted by atomic mass is 79.9. The lowest BCUT2D eigenvalue weighted by Crippen LogP contribution is -2.11. The average Bonchev–Trinajstić information content (AvgIpc) is 2.76. The molecular formula is C14H15BrClN3O2S. The molecule has 1 N–H and O–H groups in total. The van der Waals surface area contributed by atoms with E-state index in [0.29, 0.717) is 20.6 Å². The highest BCUT2D eigenvalue weighted by Crippen LogP contribution is 2.32. The van der Waals surface area contributed by atoms with Gasteiger partial charge in [-0.3, -0.25) is 9.36 Å². The summed E-state index contributed by atoms with van der Waals surface area (Å²) in [5.74, 6) is -1.01. The summed E-state index contributed by atoms with van der Waals surface area (Å²) < 4.78 is 2.17. The lowest BCUT2D eigenvalue weighted by atomic mass is 9.87. The van der Waals surface area contributed by atoms with E-state index in [2.05, 4.69) is 46.9 Å². The maximum Gasteiger partial charge on any atom is 0.313 e. The lowest BCUT2D eigenvalue weighted by Gasteiger charge is -2.20. The standard InChI is InChI=1S/C14H15BrClN3O2S/c1-14(2,3)8-4-5-10(9(16)6-8)19-12(15)17-18-13(19)22-7-11(20)21/h4-6H,7H2,1-3H3,(H,20,21). The Morgan fingerprint density at radius 1 is 1.41 bits per heavy atom. The van der Waals surface area contributed by atoms with Gasteiger partial charge in [-0.15, -0.1) is 10.2 Å². The second kappa shape index (κ2) is 6.60. The largest absolute Gasteiger partial charge is 0.481 e. The Morgan fingerprint density at radius 3 is 2.64 bits per heavy atom. The van der Waals surface area contributed by atoms with E-state index < -0.39 is 5.97 Å². The molecule has 1 aromatic carbocycles. The van der Waals surface area contributed by atoms with Crippen LogP contribution in [0, 0.1) is 0 Å². The summed E-state index contributed by atoms with van der Waals surface area (Å²) in [6, 6.07) is 5.80. The van der Waals surface area contributed by atoms with Crippen LogP contribution in [-0.2, 0) is 10.2 Å². The fraction of sp³-hybridized carbons (Fsp3) is 0.357. The van der Waals surface area contributed by atoms with E-state index >= 15 is 0 Å². The number of hydrogen-bond acceptors (Lipinski definition) is 4. The van der Waals surface area contributed by atoms with Crippen molar-refractivity contribution in [3.05, 3.63) is 33.5 Å². The number of carboxylic acids is 1. The molecule has 2 rings (SSSR count). The molecule has 8 heteroatoms. The van der Waals surface area contributed by atoms with Gasteiger partial charge in [0.1, 0.15) is 0 Å². The van der Waals surface area contributed by atoms with E-state index in [4.69, 9.17) is 16.7 Å². The van der Waals surface area contributed by atoms with Gasteiger partial charge in [-0.2, -0.15) is 0 Å². The molecule has 0 saturated carbocycles. The third-order valence-electron chi connectivity index (χ3n) is 2.97. The van der Waals surface area contributed by atoms with E-state index in [-0.39, 0.29) is 11.2 Å². The molecule has 0 fully saturated rings. The molecule has 0 radical (unpaired) electrons. The van der Waals surface area contributed by atoms with Crippen molar-refractivity contribution in [3.63, 3.8) is 0 Å². The normalized spacial score (nSPS) is 11.7. The molecular weight excluding hydrogens is 390 g/mol. The zero-order chi connectivity index (χ0) is 16.5. The summed E-state index contributed by atoms with van der Waals surface area (Å²) in [4.78, 5) is 10.7. The second-order valence-corrected chi connectivity index (χ2v) is 7.74. The van der Waals surface area contributed by atoms with Crippen molar-refractivity contribution in [3.8, 4) is 5.69 Å². The molecule has 0 aliphatic carbocycles. The molecule has 0 bridgehead atoms. The third kappa shape index (κ3) is 3.83. The zero-order valence-electron chi connectivity index (χ0n) is 12.3. The SMILES string of the molecule is CC(C)(C)c1ccc(-n2c(Br)nnc2SCC(=O)O)c(Cl)c1. The molecule has 1 aromatic heterocycles. The molecule has 0 aliphatic rings. The predicted molar refractivity (Wildman–Crippen MR) is 91.1 cm³/mol. The van der Waals surface area contributed by atoms with Gasteiger partial charge in [0, 0.05) is 0 Å². The van der Waals surface area contributed by atoms with Gasteiger partial charge in [0.25, 0.3) is 0 Å². The van der Waals surface area contributed by atoms with Crippen LogP contribution in [0.15, 0.2) is 28.1 Å². The predicted octanol–water partition coefficient (Wildman–Crippen LogP) is 4.16. The minimum atomic E-state index is -0.912. The molecule has 5 nitrogen and oxygen atoms in total. The highest BCUT2D eigenvalue weighted by Gasteiger charge is 2.19. The van der Waals surface area contributed by atoms with Gasteiger partial charge in [0.2, 0.25) is 4.73 Å². The number of nitrogens with zero attached hydrogens (tertiary/aromatic N) is 3. The first-order valence-electron chi connectivity index (χ1n) is 6.46. The third-order valence-corrected chi connectivity index (χ3v) is 4.70. The quantitative estimate of drug-likeness (QED) is 0.775. The molecule has 118 valence electrons. The summed E-state index contributed by atoms with van der Waals surface area (Å²) in [6.07, 6.45) is 0. The van der Waals surface area contributed by atoms with Crippen molar-refractivity contribution in [2.75, 3.05) is 5.75 Å². The Kier molecular flexibility index (Phi) is 5.19. The minimum Gasteiger partial charge on any atom is -0.481 e. The van der Waals surface area contributed by atoms with E-state index in [9.17, 15) is 4.79 Å². The summed E-state index contributed by atoms with van der Waals surface area (Å²) >= 11 is 10.8. The molecule has 2 aromatic rings. The maximum atomic E-state index is 10.7. The van der Waals surface area contributed by atoms with Crippen molar-refractivity contribution in [1.29, 1.82) is 0 Å². The molecule has 0 amide bonds. The molecule has 22 heavy (non-hydrogen) atoms. The van der Waals surface area contributed by atoms with Crippen molar-refractivity contribution in [1.82, 2.24) is 14.8 Å². The van der Waals surface area contributed by atoms with E-state index in [0.717, 1.165) is 17.3 Å². The van der Waals surface area contributed by atoms with Crippen LogP contribution in [0.2, 0.25) is 5.02 Å². The first-order chi connectivity index (χ1) is 10.2. The number of rotatable bonds is 4. The molecule has 1 heterocycles. The van der Waals surface area contributed by atoms with Crippen LogP contribution in [0.5, 0.6) is 0 Å². The monoisotopic (exact) mass is 403 g/mol. The number of halogens is 2. The summed E-state index contributed by atoms with van der Waals surface area (Å²) in [6.45, 7) is 6.34. The summed E-state index contributed by atoms with van der Waals surface area (Å²) in [5, 5.41) is 17.8. The Bertz CT molecular complexity index is 713. The number of thioether (sulfide) groups is 1. The Hall–Kier alpha value is -1.05. The van der Waals surface area contributed by atoms with Gasteiger partial charge >= 0.3 is 5.97 Å². The van der Waals surface area contributed by atoms with Crippen LogP contribution in [0.3, 0.4) is 0 Å². The number of carbonyl (C=O) groups is 1. The Balaban J connectivity index is 2.44. The molecule has 0 atom stereocenters. The van der Waals surface area contributed by atoms with Gasteiger partial charge in [-0.05, 0) is 39.0 Å². The summed E-state index contributed by atoms with van der Waals surface area (Å²) in [5.41, 5.74) is 1.82. The molecule has 0 spiro atoms. The number of aliphatic carboxylic acids is 1. The van der Waals surface area contributed by atoms with Crippen molar-refractivity contribution in [2.45, 2.75) is 31.3 Å². The molecule has 0 saturated heterocycles. The Labute approximate surface area is 146 Å². The first-order valence-corrected chi connectivity index (χ1v) is 8.61. The highest BCUT2D eigenvalue weighted by molar-refractivity contribution is 9.10. The fourth-order valence-corrected chi connectivity index (χ4v) is 3.32. The number of benzene rings is 1. The van der Waals surface area contributed by atoms with Crippen LogP contribution in [0.1, 0.15) is 26.3 Å². The van der Waals surface area contributed by atoms with Gasteiger partial charge in [-0.1, -0.05) is 50.2 Å². The van der Waals surface area contributed by atoms with Crippen molar-refractivity contribution < 1.29 is 9.90 Å². The van der Waals surface area contributed by atoms with Gasteiger partial charge < -0.3 is 5.11 Å². The topological polar surface area (TPSA) is 68.0 Å². The first kappa shape index (κ1) is 17.3. The van der Waals surface area contributed by atoms with Crippen molar-refractivity contribution in [2.24, 2.45) is 0 Å². The minimum absolute atomic E-state index is 0.00647. The van der Waals surface area contributed by atoms with E-state index in [1.807, 2.05) is 18.2 Å². The number of aromatic nitrogens is 3. The molecule has 0 unspecified atom stereocenters. The zero-order valence-corrected chi connectivity index (χ0v) is 15.5. The van der Waals surface area contributed by atoms with Crippen LogP contribution in [0.4, 0.5) is 0 Å². The lowest BCUT2D eigenvalue weighted by molar-refractivity contribution is -0.133. The smallest absolute Gasteiger partial charge is 0.313 e. The van der Waals surface area contributed by atoms with Gasteiger partial charge in [0.15, 0.2) is 5.16 Å². The Morgan fingerprint density at radius 2 is 2.09 bits per heavy atom. The van der Waals surface area contributed by atoms with Gasteiger partial charge in [-0.25, -0.2) is 0 Å². The van der Waals surface area contributed by atoms with Gasteiger partial charge in [0.05, 0.1) is 16.5 Å². The van der Waals surface area contributed by atoms with E-state index in [1.165, 1.54) is 0 Å². The maximum absolute atomic E-state index is 10.7. The van der Waals surface area contributed by atoms with Crippen LogP contribution in [0.25, 0.3) is 5.69 Å². The van der Waals surface area contributed by atoms with Crippen LogP contribution < -0.4 is 0 Å². The van der Waals surface area contributed by atoms with Crippen molar-refractivity contribution >= 4 is 45.3 Å².